The van der Waals surface area contributed by atoms with E-state index in [0.29, 0.717) is 111 Å². The van der Waals surface area contributed by atoms with E-state index in [2.05, 4.69) is 107 Å². The maximum Gasteiger partial charge on any atom is 0.260 e. The SMILES string of the molecule is C=S(C)(=O)Cc1ccccc1Nc1nc(Nc2ccc(N3CCOCC3)cc2OC)ncc1F.COc1cc(C(=O)N2CCC(N3CCN(C)CC3)CC2)ccc1Nc1ncc2c(n1)N(C)c1ccccc1C(=O)N2C.COc1cc(N2CCC(N3CCN(C)CC3)CC2)ccc1Nc1ncc(Cl)c(Nc2ccccc2S(=O)(=O)C(C)C)n1. The van der Waals surface area contributed by atoms with Crippen molar-refractivity contribution in [2.45, 2.75) is 67.5 Å². The highest BCUT2D eigenvalue weighted by Gasteiger charge is 2.33. The highest BCUT2D eigenvalue weighted by atomic mass is 35.5. The first-order chi connectivity index (χ1) is 56.8. The number of amides is 2. The molecule has 6 aliphatic heterocycles. The number of piperidine rings is 2. The number of rotatable bonds is 22. The summed E-state index contributed by atoms with van der Waals surface area (Å²) in [5, 5.41) is 15.4. The van der Waals surface area contributed by atoms with E-state index in [-0.39, 0.29) is 39.3 Å². The van der Waals surface area contributed by atoms with Crippen LogP contribution in [0, 0.1) is 5.82 Å². The number of halogens is 2. The van der Waals surface area contributed by atoms with Crippen LogP contribution in [0.4, 0.5) is 90.9 Å². The number of methoxy groups -OCH3 is 3. The standard InChI is InChI=1S/C31H38N8O3.C30H40ClN7O3S.C24H28FN5O3S/c1-35-15-17-38(18-16-35)22-11-13-39(14-12-22)29(40)21-9-10-24(27(19-21)42-4)33-31-32-20-26-28(34-31)36(2)25-8-6-5-7-23(25)30(41)37(26)3;1-21(2)42(39,40)28-8-6-5-7-26(28)33-29-24(31)20-32-30(35-29)34-25-10-9-23(19-27(25)41-4)37-13-11-22(12-14-37)38-17-15-36(3)16-18-38;1-32-22-14-18(30-10-12-33-13-11-30)8-9-21(22)28-24-26-15-19(25)23(29-24)27-20-7-5-4-6-17(20)16-34(2,3)31/h5-10,19-20,22H,11-18H2,1-4H3,(H,32,33,34);5-10,19-22H,11-18H2,1-4H3,(H2,32,33,34,35);4-9,14-15H,2,10-13,16H2,1,3H3,(H2,26,27,28,29). The van der Waals surface area contributed by atoms with Crippen LogP contribution in [-0.2, 0) is 29.8 Å². The van der Waals surface area contributed by atoms with Crippen LogP contribution in [0.2, 0.25) is 5.02 Å². The Morgan fingerprint density at radius 3 is 1.63 bits per heavy atom. The molecular formula is C85H106ClFN20O9S2. The summed E-state index contributed by atoms with van der Waals surface area (Å²) >= 11 is 6.41. The second-order valence-electron chi connectivity index (χ2n) is 30.5. The highest BCUT2D eigenvalue weighted by molar-refractivity contribution is 7.98. The fourth-order valence-electron chi connectivity index (χ4n) is 15.3. The zero-order valence-corrected chi connectivity index (χ0v) is 71.0. The third-order valence-corrected chi connectivity index (χ3v) is 25.5. The van der Waals surface area contributed by atoms with Crippen LogP contribution in [-0.4, -0.2) is 263 Å². The number of morpholine rings is 1. The Morgan fingerprint density at radius 2 is 1.04 bits per heavy atom. The van der Waals surface area contributed by atoms with Crippen molar-refractivity contribution in [1.29, 1.82) is 0 Å². The summed E-state index contributed by atoms with van der Waals surface area (Å²) in [5.74, 6) is 6.83. The molecule has 6 aliphatic rings. The number of para-hydroxylation sites is 3. The smallest absolute Gasteiger partial charge is 0.260 e. The Kier molecular flexibility index (Phi) is 27.7. The van der Waals surface area contributed by atoms with Crippen LogP contribution in [0.25, 0.3) is 0 Å². The largest absolute Gasteiger partial charge is 0.495 e. The number of benzene rings is 6. The molecule has 0 saturated carbocycles. The van der Waals surface area contributed by atoms with Crippen molar-refractivity contribution < 1.29 is 45.6 Å². The van der Waals surface area contributed by atoms with Crippen molar-refractivity contribution in [2.75, 3.05) is 207 Å². The van der Waals surface area contributed by atoms with Crippen molar-refractivity contribution in [3.63, 3.8) is 0 Å². The van der Waals surface area contributed by atoms with Gasteiger partial charge < -0.3 is 79.8 Å². The number of hydrogen-bond acceptors (Lipinski definition) is 27. The zero-order chi connectivity index (χ0) is 83.4. The fourth-order valence-corrected chi connectivity index (χ4v) is 17.5. The maximum absolute atomic E-state index is 14.5. The first-order valence-corrected chi connectivity index (χ1v) is 43.9. The van der Waals surface area contributed by atoms with Gasteiger partial charge in [-0.15, -0.1) is 0 Å². The van der Waals surface area contributed by atoms with E-state index in [1.807, 2.05) is 102 Å². The van der Waals surface area contributed by atoms with Gasteiger partial charge in [0.15, 0.2) is 33.1 Å². The Balaban J connectivity index is 0.000000155. The van der Waals surface area contributed by atoms with Gasteiger partial charge in [0.1, 0.15) is 28.0 Å². The van der Waals surface area contributed by atoms with Gasteiger partial charge in [0, 0.05) is 165 Å². The van der Waals surface area contributed by atoms with Gasteiger partial charge in [-0.1, -0.05) is 54.1 Å². The van der Waals surface area contributed by atoms with Gasteiger partial charge >= 0.3 is 0 Å². The van der Waals surface area contributed by atoms with Gasteiger partial charge in [-0.2, -0.15) is 15.0 Å². The molecule has 626 valence electrons. The topological polar surface area (TPSA) is 289 Å². The summed E-state index contributed by atoms with van der Waals surface area (Å²) in [5.41, 5.74) is 8.49. The maximum atomic E-state index is 14.5. The van der Waals surface area contributed by atoms with Crippen molar-refractivity contribution in [3.05, 3.63) is 174 Å². The number of fused-ring (bicyclic) bond motifs is 2. The Bertz CT molecular complexity index is 5260. The summed E-state index contributed by atoms with van der Waals surface area (Å²) in [6, 6.07) is 40.0. The molecule has 0 radical (unpaired) electrons. The molecule has 33 heteroatoms. The number of hydrogen-bond donors (Lipinski definition) is 5. The zero-order valence-electron chi connectivity index (χ0n) is 68.6. The lowest BCUT2D eigenvalue weighted by atomic mass is 10.0. The molecule has 0 aliphatic carbocycles. The molecule has 5 fully saturated rings. The number of likely N-dealkylation sites (N-methyl/N-ethyl adjacent to an activating group) is 2. The molecule has 15 rings (SSSR count). The molecule has 1 atom stereocenters. The molecule has 2 amide bonds. The number of nitrogens with one attached hydrogen (secondary N) is 5. The molecule has 3 aromatic heterocycles. The molecule has 0 bridgehead atoms. The number of piperazine rings is 2. The van der Waals surface area contributed by atoms with Crippen LogP contribution in [0.5, 0.6) is 17.2 Å². The van der Waals surface area contributed by atoms with E-state index < -0.39 is 30.4 Å². The normalized spacial score (nSPS) is 17.2. The lowest BCUT2D eigenvalue weighted by Crippen LogP contribution is -2.52. The third kappa shape index (κ3) is 20.7. The Morgan fingerprint density at radius 1 is 0.551 bits per heavy atom. The summed E-state index contributed by atoms with van der Waals surface area (Å²) in [6.45, 7) is 18.9. The Labute approximate surface area is 696 Å². The second-order valence-corrected chi connectivity index (χ2v) is 36.1. The van der Waals surface area contributed by atoms with Gasteiger partial charge in [-0.05, 0) is 147 Å². The van der Waals surface area contributed by atoms with Gasteiger partial charge in [0.05, 0.1) is 97.3 Å². The minimum atomic E-state index is -3.52. The van der Waals surface area contributed by atoms with E-state index in [9.17, 15) is 26.6 Å². The van der Waals surface area contributed by atoms with Crippen LogP contribution in [0.3, 0.4) is 0 Å². The van der Waals surface area contributed by atoms with Crippen LogP contribution >= 0.6 is 11.6 Å². The van der Waals surface area contributed by atoms with Crippen LogP contribution in [0.1, 0.15) is 65.8 Å². The fraction of sp³-hybridized carbons (Fsp3) is 0.400. The number of carbonyl (C=O) groups excluding carboxylic acids is 2. The number of aromatic nitrogens is 6. The second kappa shape index (κ2) is 38.3. The van der Waals surface area contributed by atoms with Gasteiger partial charge in [-0.25, -0.2) is 27.8 Å². The molecule has 9 aromatic rings. The predicted molar refractivity (Wildman–Crippen MR) is 469 cm³/mol. The van der Waals surface area contributed by atoms with E-state index >= 15 is 0 Å². The minimum absolute atomic E-state index is 0.000480. The van der Waals surface area contributed by atoms with E-state index in [1.54, 1.807) is 96.0 Å². The van der Waals surface area contributed by atoms with E-state index in [4.69, 9.17) is 35.5 Å². The van der Waals surface area contributed by atoms with Crippen LogP contribution < -0.4 is 60.4 Å². The summed E-state index contributed by atoms with van der Waals surface area (Å²) in [6.07, 6.45) is 10.1. The summed E-state index contributed by atoms with van der Waals surface area (Å²) in [4.78, 5) is 73.3. The minimum Gasteiger partial charge on any atom is -0.495 e. The number of carbonyl (C=O) groups is 2. The highest BCUT2D eigenvalue weighted by Crippen LogP contribution is 2.41. The predicted octanol–water partition coefficient (Wildman–Crippen LogP) is 12.3. The number of nitrogens with zero attached hydrogens (tertiary/aromatic N) is 15. The molecule has 6 aromatic carbocycles. The molecule has 5 saturated heterocycles. The molecule has 118 heavy (non-hydrogen) atoms. The summed E-state index contributed by atoms with van der Waals surface area (Å²) < 4.78 is 74.9. The number of ether oxygens (including phenoxy) is 4. The molecule has 0 spiro atoms. The molecular weight excluding hydrogens is 1560 g/mol. The number of sulfone groups is 1. The molecule has 5 N–H and O–H groups in total. The first-order valence-electron chi connectivity index (χ1n) is 39.7. The van der Waals surface area contributed by atoms with Gasteiger partial charge in [0.2, 0.25) is 17.8 Å². The summed E-state index contributed by atoms with van der Waals surface area (Å²) in [7, 11) is 7.00. The van der Waals surface area contributed by atoms with Crippen molar-refractivity contribution in [1.82, 2.24) is 54.4 Å². The Hall–Kier alpha value is -10.7. The average molecular weight is 1670 g/mol. The van der Waals surface area contributed by atoms with Crippen molar-refractivity contribution >= 4 is 135 Å². The van der Waals surface area contributed by atoms with Gasteiger partial charge in [-0.3, -0.25) is 23.6 Å². The quantitative estimate of drug-likeness (QED) is 0.0394. The average Bonchev–Trinajstić information content (AvgIpc) is 1.76. The van der Waals surface area contributed by atoms with E-state index in [0.717, 1.165) is 146 Å². The molecule has 1 unspecified atom stereocenters. The monoisotopic (exact) mass is 1670 g/mol. The number of likely N-dealkylation sites (tertiary alicyclic amines) is 1. The van der Waals surface area contributed by atoms with Crippen molar-refractivity contribution in [2.24, 2.45) is 0 Å². The van der Waals surface area contributed by atoms with Crippen molar-refractivity contribution in [3.8, 4) is 17.2 Å². The molecule has 29 nitrogen and oxygen atoms in total. The lowest BCUT2D eigenvalue weighted by molar-refractivity contribution is 0.0518. The lowest BCUT2D eigenvalue weighted by Gasteiger charge is -2.42. The van der Waals surface area contributed by atoms with Crippen LogP contribution in [0.15, 0.2) is 151 Å². The first kappa shape index (κ1) is 85.2. The van der Waals surface area contributed by atoms with Gasteiger partial charge in [0.25, 0.3) is 11.8 Å². The third-order valence-electron chi connectivity index (χ3n) is 22.1. The molecule has 9 heterocycles. The number of anilines is 15. The van der Waals surface area contributed by atoms with E-state index in [1.165, 1.54) is 6.20 Å².